The maximum Gasteiger partial charge on any atom is 0.152 e. The van der Waals surface area contributed by atoms with E-state index in [1.54, 1.807) is 0 Å². The predicted octanol–water partition coefficient (Wildman–Crippen LogP) is 2.71. The molecular formula is C14H19NO. The molecule has 0 amide bonds. The van der Waals surface area contributed by atoms with Crippen LogP contribution >= 0.6 is 0 Å². The van der Waals surface area contributed by atoms with Gasteiger partial charge in [0.15, 0.2) is 6.29 Å². The lowest BCUT2D eigenvalue weighted by Crippen LogP contribution is -2.05. The molecular weight excluding hydrogens is 198 g/mol. The smallest absolute Gasteiger partial charge is 0.152 e. The number of hydrogen-bond acceptors (Lipinski definition) is 2. The van der Waals surface area contributed by atoms with Crippen LogP contribution in [-0.4, -0.2) is 25.3 Å². The summed E-state index contributed by atoms with van der Waals surface area (Å²) in [6.45, 7) is 6.16. The topological polar surface area (TPSA) is 20.3 Å². The molecule has 0 radical (unpaired) electrons. The zero-order valence-corrected chi connectivity index (χ0v) is 10.7. The largest absolute Gasteiger partial charge is 0.383 e. The van der Waals surface area contributed by atoms with Crippen LogP contribution < -0.4 is 0 Å². The normalized spacial score (nSPS) is 11.4. The van der Waals surface area contributed by atoms with E-state index < -0.39 is 0 Å². The molecule has 2 nitrogen and oxygen atoms in total. The molecule has 0 aromatic heterocycles. The van der Waals surface area contributed by atoms with Gasteiger partial charge < -0.3 is 4.90 Å². The molecule has 0 unspecified atom stereocenters. The second kappa shape index (κ2) is 4.97. The first-order valence-corrected chi connectivity index (χ1v) is 5.37. The van der Waals surface area contributed by atoms with Gasteiger partial charge in [-0.05, 0) is 37.5 Å². The van der Waals surface area contributed by atoms with Crippen LogP contribution in [0.2, 0.25) is 0 Å². The Morgan fingerprint density at radius 1 is 1.12 bits per heavy atom. The van der Waals surface area contributed by atoms with E-state index in [1.807, 2.05) is 39.0 Å². The van der Waals surface area contributed by atoms with Gasteiger partial charge in [0.05, 0.1) is 0 Å². The molecule has 1 aromatic carbocycles. The van der Waals surface area contributed by atoms with Crippen molar-refractivity contribution in [2.24, 2.45) is 0 Å². The summed E-state index contributed by atoms with van der Waals surface area (Å²) in [5.74, 6) is 0. The number of nitrogens with zero attached hydrogens (tertiary/aromatic N) is 1. The Labute approximate surface area is 97.6 Å². The molecule has 0 aliphatic heterocycles. The molecule has 1 aromatic rings. The maximum absolute atomic E-state index is 11.1. The minimum atomic E-state index is 0.736. The zero-order valence-electron chi connectivity index (χ0n) is 10.7. The van der Waals surface area contributed by atoms with E-state index in [-0.39, 0.29) is 0 Å². The molecule has 0 atom stereocenters. The second-order valence-corrected chi connectivity index (χ2v) is 4.44. The lowest BCUT2D eigenvalue weighted by atomic mass is 9.95. The fourth-order valence-electron chi connectivity index (χ4n) is 2.07. The maximum atomic E-state index is 11.1. The molecule has 0 saturated carbocycles. The van der Waals surface area contributed by atoms with E-state index in [4.69, 9.17) is 0 Å². The van der Waals surface area contributed by atoms with Crippen molar-refractivity contribution in [1.82, 2.24) is 4.90 Å². The van der Waals surface area contributed by atoms with Crippen LogP contribution in [0.1, 0.15) is 22.3 Å². The molecule has 86 valence electrons. The lowest BCUT2D eigenvalue weighted by Gasteiger charge is -2.13. The Hall–Kier alpha value is -1.57. The summed E-state index contributed by atoms with van der Waals surface area (Å²) >= 11 is 0. The first-order valence-electron chi connectivity index (χ1n) is 5.37. The van der Waals surface area contributed by atoms with Gasteiger partial charge in [0.25, 0.3) is 0 Å². The number of carbonyl (C=O) groups excluding carboxylic acids is 1. The Morgan fingerprint density at radius 3 is 2.00 bits per heavy atom. The molecule has 0 spiro atoms. The summed E-state index contributed by atoms with van der Waals surface area (Å²) in [5.41, 5.74) is 5.32. The summed E-state index contributed by atoms with van der Waals surface area (Å²) in [7, 11) is 3.84. The van der Waals surface area contributed by atoms with Crippen molar-refractivity contribution in [1.29, 1.82) is 0 Å². The molecule has 2 heteroatoms. The van der Waals surface area contributed by atoms with Gasteiger partial charge in [0, 0.05) is 25.9 Å². The van der Waals surface area contributed by atoms with Crippen molar-refractivity contribution in [3.8, 4) is 0 Å². The molecule has 0 saturated heterocycles. The molecule has 0 bridgehead atoms. The van der Waals surface area contributed by atoms with Crippen LogP contribution in [0.3, 0.4) is 0 Å². The number of allylic oxidation sites excluding steroid dienone is 1. The highest BCUT2D eigenvalue weighted by Crippen LogP contribution is 2.23. The number of aryl methyl sites for hydroxylation is 3. The van der Waals surface area contributed by atoms with Gasteiger partial charge in [0.1, 0.15) is 0 Å². The van der Waals surface area contributed by atoms with E-state index >= 15 is 0 Å². The molecule has 0 heterocycles. The van der Waals surface area contributed by atoms with Gasteiger partial charge in [-0.3, -0.25) is 4.79 Å². The lowest BCUT2D eigenvalue weighted by molar-refractivity contribution is -0.103. The van der Waals surface area contributed by atoms with Gasteiger partial charge in [-0.25, -0.2) is 0 Å². The van der Waals surface area contributed by atoms with Gasteiger partial charge in [-0.1, -0.05) is 17.7 Å². The fourth-order valence-corrected chi connectivity index (χ4v) is 2.07. The average molecular weight is 217 g/mol. The minimum absolute atomic E-state index is 0.736. The minimum Gasteiger partial charge on any atom is -0.383 e. The molecule has 1 rings (SSSR count). The van der Waals surface area contributed by atoms with Crippen LogP contribution in [-0.2, 0) is 4.79 Å². The van der Waals surface area contributed by atoms with Crippen LogP contribution in [0.4, 0.5) is 0 Å². The van der Waals surface area contributed by atoms with E-state index in [9.17, 15) is 4.79 Å². The third-order valence-electron chi connectivity index (χ3n) is 2.49. The van der Waals surface area contributed by atoms with Gasteiger partial charge in [0.2, 0.25) is 0 Å². The van der Waals surface area contributed by atoms with E-state index in [2.05, 4.69) is 19.1 Å². The quantitative estimate of drug-likeness (QED) is 0.573. The Morgan fingerprint density at radius 2 is 1.62 bits per heavy atom. The van der Waals surface area contributed by atoms with E-state index in [0.29, 0.717) is 0 Å². The van der Waals surface area contributed by atoms with Crippen molar-refractivity contribution < 1.29 is 4.79 Å². The molecule has 0 N–H and O–H groups in total. The zero-order chi connectivity index (χ0) is 12.3. The average Bonchev–Trinajstić information content (AvgIpc) is 2.13. The van der Waals surface area contributed by atoms with Gasteiger partial charge in [-0.2, -0.15) is 0 Å². The first kappa shape index (κ1) is 12.5. The summed E-state index contributed by atoms with van der Waals surface area (Å²) in [6.07, 6.45) is 2.78. The Bertz CT molecular complexity index is 407. The summed E-state index contributed by atoms with van der Waals surface area (Å²) in [5, 5.41) is 0. The third kappa shape index (κ3) is 2.72. The highest BCUT2D eigenvalue weighted by atomic mass is 16.1. The van der Waals surface area contributed by atoms with Gasteiger partial charge in [-0.15, -0.1) is 0 Å². The van der Waals surface area contributed by atoms with Crippen molar-refractivity contribution in [2.75, 3.05) is 14.1 Å². The van der Waals surface area contributed by atoms with Crippen molar-refractivity contribution in [2.45, 2.75) is 20.8 Å². The Balaban J connectivity index is 3.36. The first-order chi connectivity index (χ1) is 7.45. The summed E-state index contributed by atoms with van der Waals surface area (Å²) < 4.78 is 0. The predicted molar refractivity (Wildman–Crippen MR) is 68.4 cm³/mol. The number of rotatable bonds is 3. The van der Waals surface area contributed by atoms with E-state index in [1.165, 1.54) is 5.56 Å². The van der Waals surface area contributed by atoms with Crippen LogP contribution in [0.5, 0.6) is 0 Å². The van der Waals surface area contributed by atoms with Crippen molar-refractivity contribution in [3.63, 3.8) is 0 Å². The highest BCUT2D eigenvalue weighted by Gasteiger charge is 2.08. The van der Waals surface area contributed by atoms with E-state index in [0.717, 1.165) is 28.5 Å². The Kier molecular flexibility index (Phi) is 3.88. The van der Waals surface area contributed by atoms with Crippen molar-refractivity contribution >= 4 is 11.9 Å². The van der Waals surface area contributed by atoms with Crippen LogP contribution in [0, 0.1) is 20.8 Å². The summed E-state index contributed by atoms with van der Waals surface area (Å²) in [4.78, 5) is 13.0. The number of carbonyl (C=O) groups is 1. The number of aldehydes is 1. The number of benzene rings is 1. The van der Waals surface area contributed by atoms with Crippen LogP contribution in [0.25, 0.3) is 5.57 Å². The fraction of sp³-hybridized carbons (Fsp3) is 0.357. The van der Waals surface area contributed by atoms with Crippen molar-refractivity contribution in [3.05, 3.63) is 40.6 Å². The van der Waals surface area contributed by atoms with Gasteiger partial charge >= 0.3 is 0 Å². The molecule has 0 fully saturated rings. The molecule has 16 heavy (non-hydrogen) atoms. The monoisotopic (exact) mass is 217 g/mol. The third-order valence-corrected chi connectivity index (χ3v) is 2.49. The standard InChI is InChI=1S/C14H19NO/c1-10-6-11(2)14(12(3)7-10)13(9-16)8-15(4)5/h6-9H,1-5H3/b13-8+. The SMILES string of the molecule is Cc1cc(C)c(/C(C=O)=C/N(C)C)c(C)c1. The highest BCUT2D eigenvalue weighted by molar-refractivity contribution is 6.07. The molecule has 0 aliphatic rings. The molecule has 0 aliphatic carbocycles. The summed E-state index contributed by atoms with van der Waals surface area (Å²) in [6, 6.07) is 4.21. The second-order valence-electron chi connectivity index (χ2n) is 4.44. The number of hydrogen-bond donors (Lipinski definition) is 0. The van der Waals surface area contributed by atoms with Crippen LogP contribution in [0.15, 0.2) is 18.3 Å².